The predicted molar refractivity (Wildman–Crippen MR) is 268 cm³/mol. The Bertz CT molecular complexity index is 3520. The van der Waals surface area contributed by atoms with Crippen molar-refractivity contribution in [1.82, 2.24) is 0 Å². The molecule has 2 heterocycles. The Balaban J connectivity index is 1.12. The van der Waals surface area contributed by atoms with Crippen LogP contribution in [0.15, 0.2) is 189 Å². The molecule has 0 fully saturated rings. The molecule has 2 aliphatic carbocycles. The molecule has 2 aliphatic heterocycles. The van der Waals surface area contributed by atoms with Crippen LogP contribution < -0.4 is 9.80 Å². The summed E-state index contributed by atoms with van der Waals surface area (Å²) in [6.45, 7) is 11.1. The molecule has 0 atom stereocenters. The minimum atomic E-state index is -0.130. The molecule has 13 rings (SSSR count). The van der Waals surface area contributed by atoms with Crippen LogP contribution in [0.2, 0.25) is 0 Å². The maximum Gasteiger partial charge on any atom is 0.0487 e. The lowest BCUT2D eigenvalue weighted by atomic mass is 9.80. The van der Waals surface area contributed by atoms with Crippen molar-refractivity contribution in [3.63, 3.8) is 0 Å². The molecule has 0 spiro atoms. The lowest BCUT2D eigenvalue weighted by molar-refractivity contribution is 0.660. The summed E-state index contributed by atoms with van der Waals surface area (Å²) in [5, 5.41) is 4.97. The molecule has 0 saturated heterocycles. The number of anilines is 4. The van der Waals surface area contributed by atoms with Crippen molar-refractivity contribution in [3.05, 3.63) is 222 Å². The Morgan fingerprint density at radius 1 is 0.413 bits per heavy atom. The van der Waals surface area contributed by atoms with Gasteiger partial charge in [-0.25, -0.2) is 0 Å². The second kappa shape index (κ2) is 13.4. The molecule has 9 aromatic carbocycles. The molecule has 0 N–H and O–H groups in total. The van der Waals surface area contributed by atoms with Crippen LogP contribution in [-0.4, -0.2) is 13.1 Å². The summed E-state index contributed by atoms with van der Waals surface area (Å²) in [4.78, 5) is 4.93. The van der Waals surface area contributed by atoms with E-state index in [0.717, 1.165) is 18.7 Å². The summed E-state index contributed by atoms with van der Waals surface area (Å²) < 4.78 is 0. The number of nitrogens with zero attached hydrogens (tertiary/aromatic N) is 2. The second-order valence-electron chi connectivity index (χ2n) is 18.1. The normalized spacial score (nSPS) is 15.0. The van der Waals surface area contributed by atoms with Crippen LogP contribution >= 0.6 is 0 Å². The first kappa shape index (κ1) is 36.0. The minimum absolute atomic E-state index is 0.130. The Kier molecular flexibility index (Phi) is 7.67. The number of hydrogen-bond acceptors (Lipinski definition) is 2. The second-order valence-corrected chi connectivity index (χ2v) is 18.1. The third kappa shape index (κ3) is 5.25. The molecule has 0 bridgehead atoms. The summed E-state index contributed by atoms with van der Waals surface area (Å²) >= 11 is 0. The van der Waals surface area contributed by atoms with Crippen LogP contribution in [0.5, 0.6) is 0 Å². The Morgan fingerprint density at radius 2 is 0.905 bits per heavy atom. The Morgan fingerprint density at radius 3 is 1.54 bits per heavy atom. The van der Waals surface area contributed by atoms with Crippen LogP contribution in [0.1, 0.15) is 47.2 Å². The van der Waals surface area contributed by atoms with E-state index >= 15 is 0 Å². The van der Waals surface area contributed by atoms with Crippen molar-refractivity contribution in [3.8, 4) is 44.5 Å². The summed E-state index contributed by atoms with van der Waals surface area (Å²) in [6.07, 6.45) is 9.07. The highest BCUT2D eigenvalue weighted by molar-refractivity contribution is 6.23. The topological polar surface area (TPSA) is 6.48 Å². The first-order chi connectivity index (χ1) is 30.9. The average molecular weight is 805 g/mol. The van der Waals surface area contributed by atoms with E-state index in [1.165, 1.54) is 122 Å². The van der Waals surface area contributed by atoms with Crippen LogP contribution in [0.25, 0.3) is 83.8 Å². The maximum absolute atomic E-state index is 4.66. The van der Waals surface area contributed by atoms with Gasteiger partial charge < -0.3 is 9.80 Å². The number of benzene rings is 9. The first-order valence-corrected chi connectivity index (χ1v) is 22.2. The van der Waals surface area contributed by atoms with Crippen LogP contribution in [-0.2, 0) is 5.41 Å². The zero-order valence-electron chi connectivity index (χ0n) is 35.5. The van der Waals surface area contributed by atoms with Crippen molar-refractivity contribution >= 4 is 62.0 Å². The molecular formula is C61H44N2. The summed E-state index contributed by atoms with van der Waals surface area (Å²) in [6, 6.07) is 64.0. The SMILES string of the molecule is C=C1c2ccccc2-c2ccc(-c3c4ccc(N5CC=Cc6ccccc65)cc4c(-c4ccc5c(c4)C(C)(C)c4ccccc4-5)c4ccc(N5CC=Cc6ccccc65)cc34)cc21. The highest BCUT2D eigenvalue weighted by Crippen LogP contribution is 2.53. The van der Waals surface area contributed by atoms with Gasteiger partial charge >= 0.3 is 0 Å². The molecule has 0 aromatic heterocycles. The predicted octanol–water partition coefficient (Wildman–Crippen LogP) is 16.0. The summed E-state index contributed by atoms with van der Waals surface area (Å²) in [5.74, 6) is 0. The van der Waals surface area contributed by atoms with Crippen molar-refractivity contribution in [2.75, 3.05) is 22.9 Å². The zero-order valence-corrected chi connectivity index (χ0v) is 35.5. The van der Waals surface area contributed by atoms with Gasteiger partial charge in [0.25, 0.3) is 0 Å². The molecule has 9 aromatic rings. The van der Waals surface area contributed by atoms with Gasteiger partial charge in [0, 0.05) is 41.3 Å². The fourth-order valence-electron chi connectivity index (χ4n) is 11.3. The molecule has 2 nitrogen and oxygen atoms in total. The van der Waals surface area contributed by atoms with Gasteiger partial charge in [-0.05, 0) is 154 Å². The smallest absolute Gasteiger partial charge is 0.0487 e. The molecule has 0 amide bonds. The molecule has 2 heteroatoms. The zero-order chi connectivity index (χ0) is 42.0. The maximum atomic E-state index is 4.66. The number of fused-ring (bicyclic) bond motifs is 10. The van der Waals surface area contributed by atoms with Crippen molar-refractivity contribution in [2.24, 2.45) is 0 Å². The van der Waals surface area contributed by atoms with E-state index in [1.54, 1.807) is 0 Å². The fraction of sp³-hybridized carbons (Fsp3) is 0.0820. The molecule has 0 saturated carbocycles. The lowest BCUT2D eigenvalue weighted by Crippen LogP contribution is -2.20. The largest absolute Gasteiger partial charge is 0.337 e. The fourth-order valence-corrected chi connectivity index (χ4v) is 11.3. The highest BCUT2D eigenvalue weighted by Gasteiger charge is 2.36. The highest BCUT2D eigenvalue weighted by atomic mass is 15.1. The first-order valence-electron chi connectivity index (χ1n) is 22.2. The van der Waals surface area contributed by atoms with Gasteiger partial charge in [0.2, 0.25) is 0 Å². The van der Waals surface area contributed by atoms with E-state index in [9.17, 15) is 0 Å². The van der Waals surface area contributed by atoms with Crippen LogP contribution in [0.4, 0.5) is 22.7 Å². The van der Waals surface area contributed by atoms with E-state index in [1.807, 2.05) is 0 Å². The lowest BCUT2D eigenvalue weighted by Gasteiger charge is -2.30. The van der Waals surface area contributed by atoms with E-state index in [2.05, 4.69) is 224 Å². The third-order valence-electron chi connectivity index (χ3n) is 14.4. The average Bonchev–Trinajstić information content (AvgIpc) is 3.75. The molecular weight excluding hydrogens is 761 g/mol. The van der Waals surface area contributed by atoms with E-state index in [-0.39, 0.29) is 5.41 Å². The number of rotatable bonds is 4. The standard InChI is InChI=1S/C61H44N2/c1-38-45-18-6-7-19-46(45)47-28-24-41(34-52(38)47)59-50-30-26-44(63-33-13-17-40-15-5-11-23-58(40)63)37-54(50)60(42-25-29-49-48-20-8-9-21-55(48)61(2,3)56(49)35-42)51-31-27-43(36-53(51)59)62-32-12-16-39-14-4-10-22-57(39)62/h4-31,34-37H,1,32-33H2,2-3H3. The molecule has 4 aliphatic rings. The van der Waals surface area contributed by atoms with E-state index in [0.29, 0.717) is 0 Å². The van der Waals surface area contributed by atoms with Crippen LogP contribution in [0, 0.1) is 0 Å². The van der Waals surface area contributed by atoms with Gasteiger partial charge in [0.1, 0.15) is 0 Å². The molecule has 0 radical (unpaired) electrons. The molecule has 0 unspecified atom stereocenters. The van der Waals surface area contributed by atoms with E-state index < -0.39 is 0 Å². The van der Waals surface area contributed by atoms with Crippen molar-refractivity contribution < 1.29 is 0 Å². The quantitative estimate of drug-likeness (QED) is 0.164. The van der Waals surface area contributed by atoms with Gasteiger partial charge in [-0.3, -0.25) is 0 Å². The summed E-state index contributed by atoms with van der Waals surface area (Å²) in [5.41, 5.74) is 23.6. The number of hydrogen-bond donors (Lipinski definition) is 0. The van der Waals surface area contributed by atoms with E-state index in [4.69, 9.17) is 0 Å². The minimum Gasteiger partial charge on any atom is -0.337 e. The van der Waals surface area contributed by atoms with Gasteiger partial charge in [-0.1, -0.05) is 166 Å². The van der Waals surface area contributed by atoms with Crippen molar-refractivity contribution in [1.29, 1.82) is 0 Å². The van der Waals surface area contributed by atoms with Gasteiger partial charge in [0.05, 0.1) is 0 Å². The Hall–Kier alpha value is -7.68. The van der Waals surface area contributed by atoms with Gasteiger partial charge in [-0.15, -0.1) is 0 Å². The molecule has 63 heavy (non-hydrogen) atoms. The van der Waals surface area contributed by atoms with Gasteiger partial charge in [0.15, 0.2) is 0 Å². The van der Waals surface area contributed by atoms with Gasteiger partial charge in [-0.2, -0.15) is 0 Å². The summed E-state index contributed by atoms with van der Waals surface area (Å²) in [7, 11) is 0. The number of para-hydroxylation sites is 2. The van der Waals surface area contributed by atoms with Crippen LogP contribution in [0.3, 0.4) is 0 Å². The monoisotopic (exact) mass is 804 g/mol. The van der Waals surface area contributed by atoms with Crippen molar-refractivity contribution in [2.45, 2.75) is 19.3 Å². The Labute approximate surface area is 369 Å². The third-order valence-corrected chi connectivity index (χ3v) is 14.4. The molecule has 298 valence electrons.